The summed E-state index contributed by atoms with van der Waals surface area (Å²) in [4.78, 5) is 0. The molecular weight excluding hydrogens is 146 g/mol. The van der Waals surface area contributed by atoms with E-state index >= 15 is 0 Å². The van der Waals surface area contributed by atoms with Crippen molar-refractivity contribution in [2.24, 2.45) is 11.7 Å². The third-order valence-corrected chi connectivity index (χ3v) is 2.24. The second-order valence-corrected chi connectivity index (χ2v) is 3.60. The van der Waals surface area contributed by atoms with E-state index in [1.165, 1.54) is 11.1 Å². The van der Waals surface area contributed by atoms with Gasteiger partial charge in [-0.15, -0.1) is 0 Å². The fraction of sp³-hybridized carbons (Fsp3) is 0.636. The van der Waals surface area contributed by atoms with Gasteiger partial charge in [0.05, 0.1) is 0 Å². The van der Waals surface area contributed by atoms with E-state index in [1.807, 2.05) is 0 Å². The van der Waals surface area contributed by atoms with Crippen LogP contribution in [0.1, 0.15) is 41.0 Å². The summed E-state index contributed by atoms with van der Waals surface area (Å²) in [5.41, 5.74) is 9.40. The van der Waals surface area contributed by atoms with Crippen LogP contribution in [-0.4, -0.2) is 0 Å². The number of hydrogen-bond acceptors (Lipinski definition) is 1. The van der Waals surface area contributed by atoms with Crippen molar-refractivity contribution in [3.05, 3.63) is 22.9 Å². The van der Waals surface area contributed by atoms with Crippen molar-refractivity contribution in [2.75, 3.05) is 0 Å². The Balaban J connectivity index is 4.53. The average molecular weight is 167 g/mol. The van der Waals surface area contributed by atoms with Crippen LogP contribution in [0, 0.1) is 5.92 Å². The predicted octanol–water partition coefficient (Wildman–Crippen LogP) is 3.23. The zero-order valence-corrected chi connectivity index (χ0v) is 8.94. The molecule has 1 heteroatoms. The van der Waals surface area contributed by atoms with Crippen LogP contribution in [0.5, 0.6) is 0 Å². The topological polar surface area (TPSA) is 26.0 Å². The van der Waals surface area contributed by atoms with E-state index in [0.29, 0.717) is 5.92 Å². The smallest absolute Gasteiger partial charge is 0.0107 e. The Labute approximate surface area is 76.3 Å². The standard InChI is InChI=1S/C11H21N/c1-6-11(12)10(5)7-9(4)8(2)3/h7-8H,6,12H2,1-5H3/b9-7-,11-10+. The van der Waals surface area contributed by atoms with E-state index in [1.54, 1.807) is 0 Å². The molecule has 0 aliphatic heterocycles. The van der Waals surface area contributed by atoms with Gasteiger partial charge in [-0.25, -0.2) is 0 Å². The highest BCUT2D eigenvalue weighted by molar-refractivity contribution is 5.25. The van der Waals surface area contributed by atoms with Crippen molar-refractivity contribution >= 4 is 0 Å². The number of rotatable bonds is 3. The normalized spacial score (nSPS) is 15.0. The largest absolute Gasteiger partial charge is 0.402 e. The van der Waals surface area contributed by atoms with Crippen molar-refractivity contribution in [2.45, 2.75) is 41.0 Å². The van der Waals surface area contributed by atoms with Gasteiger partial charge in [0.1, 0.15) is 0 Å². The van der Waals surface area contributed by atoms with Gasteiger partial charge in [0, 0.05) is 5.70 Å². The van der Waals surface area contributed by atoms with E-state index in [-0.39, 0.29) is 0 Å². The lowest BCUT2D eigenvalue weighted by Gasteiger charge is -2.06. The molecule has 0 aliphatic carbocycles. The van der Waals surface area contributed by atoms with E-state index in [4.69, 9.17) is 5.73 Å². The SMILES string of the molecule is CC/C(N)=C(C)\C=C(\C)C(C)C. The maximum absolute atomic E-state index is 5.80. The van der Waals surface area contributed by atoms with Crippen LogP contribution >= 0.6 is 0 Å². The first-order valence-corrected chi connectivity index (χ1v) is 4.62. The maximum atomic E-state index is 5.80. The first-order chi connectivity index (χ1) is 5.49. The second-order valence-electron chi connectivity index (χ2n) is 3.60. The molecule has 0 bridgehead atoms. The minimum atomic E-state index is 0.615. The molecule has 0 aliphatic rings. The van der Waals surface area contributed by atoms with Crippen LogP contribution in [0.2, 0.25) is 0 Å². The van der Waals surface area contributed by atoms with Gasteiger partial charge >= 0.3 is 0 Å². The molecule has 0 rings (SSSR count). The molecule has 0 atom stereocenters. The molecule has 0 heterocycles. The average Bonchev–Trinajstić information content (AvgIpc) is 2.02. The minimum Gasteiger partial charge on any atom is -0.402 e. The molecule has 0 fully saturated rings. The summed E-state index contributed by atoms with van der Waals surface area (Å²) in [6.45, 7) is 10.7. The summed E-state index contributed by atoms with van der Waals surface area (Å²) >= 11 is 0. The van der Waals surface area contributed by atoms with E-state index in [2.05, 4.69) is 40.7 Å². The zero-order chi connectivity index (χ0) is 9.72. The number of nitrogens with two attached hydrogens (primary N) is 1. The van der Waals surface area contributed by atoms with Crippen molar-refractivity contribution in [1.82, 2.24) is 0 Å². The third kappa shape index (κ3) is 3.61. The van der Waals surface area contributed by atoms with E-state index in [9.17, 15) is 0 Å². The number of hydrogen-bond donors (Lipinski definition) is 1. The number of allylic oxidation sites excluding steroid dienone is 4. The molecule has 70 valence electrons. The summed E-state index contributed by atoms with van der Waals surface area (Å²) in [6, 6.07) is 0. The molecule has 0 aromatic carbocycles. The molecule has 0 radical (unpaired) electrons. The lowest BCUT2D eigenvalue weighted by atomic mass is 10.0. The molecule has 0 amide bonds. The maximum Gasteiger partial charge on any atom is 0.0107 e. The van der Waals surface area contributed by atoms with Gasteiger partial charge in [-0.1, -0.05) is 32.4 Å². The quantitative estimate of drug-likeness (QED) is 0.642. The van der Waals surface area contributed by atoms with Gasteiger partial charge in [0.15, 0.2) is 0 Å². The highest BCUT2D eigenvalue weighted by Crippen LogP contribution is 2.13. The van der Waals surface area contributed by atoms with E-state index < -0.39 is 0 Å². The van der Waals surface area contributed by atoms with Crippen LogP contribution in [0.3, 0.4) is 0 Å². The van der Waals surface area contributed by atoms with Crippen molar-refractivity contribution in [3.63, 3.8) is 0 Å². The molecule has 12 heavy (non-hydrogen) atoms. The van der Waals surface area contributed by atoms with Gasteiger partial charge < -0.3 is 5.73 Å². The molecule has 2 N–H and O–H groups in total. The summed E-state index contributed by atoms with van der Waals surface area (Å²) < 4.78 is 0. The predicted molar refractivity (Wildman–Crippen MR) is 55.8 cm³/mol. The lowest BCUT2D eigenvalue weighted by Crippen LogP contribution is -1.99. The van der Waals surface area contributed by atoms with Gasteiger partial charge in [-0.05, 0) is 31.8 Å². The molecule has 0 unspecified atom stereocenters. The summed E-state index contributed by atoms with van der Waals surface area (Å²) in [5.74, 6) is 0.615. The third-order valence-electron chi connectivity index (χ3n) is 2.24. The second kappa shape index (κ2) is 5.02. The Morgan fingerprint density at radius 3 is 2.17 bits per heavy atom. The minimum absolute atomic E-state index is 0.615. The van der Waals surface area contributed by atoms with E-state index in [0.717, 1.165) is 12.1 Å². The molecule has 0 aromatic rings. The fourth-order valence-electron chi connectivity index (χ4n) is 0.880. The molecule has 0 aromatic heterocycles. The molecule has 0 spiro atoms. The summed E-state index contributed by atoms with van der Waals surface area (Å²) in [7, 11) is 0. The van der Waals surface area contributed by atoms with Gasteiger partial charge in [0.25, 0.3) is 0 Å². The highest BCUT2D eigenvalue weighted by Gasteiger charge is 1.97. The Morgan fingerprint density at radius 1 is 1.33 bits per heavy atom. The van der Waals surface area contributed by atoms with Crippen LogP contribution in [0.4, 0.5) is 0 Å². The lowest BCUT2D eigenvalue weighted by molar-refractivity contribution is 0.767. The first-order valence-electron chi connectivity index (χ1n) is 4.62. The fourth-order valence-corrected chi connectivity index (χ4v) is 0.880. The van der Waals surface area contributed by atoms with Crippen LogP contribution in [0.25, 0.3) is 0 Å². The van der Waals surface area contributed by atoms with Crippen molar-refractivity contribution < 1.29 is 0 Å². The Hall–Kier alpha value is -0.720. The highest BCUT2D eigenvalue weighted by atomic mass is 14.6. The van der Waals surface area contributed by atoms with Crippen LogP contribution < -0.4 is 5.73 Å². The summed E-state index contributed by atoms with van der Waals surface area (Å²) in [5, 5.41) is 0. The summed E-state index contributed by atoms with van der Waals surface area (Å²) in [6.07, 6.45) is 3.12. The Morgan fingerprint density at radius 2 is 1.83 bits per heavy atom. The molecule has 1 nitrogen and oxygen atoms in total. The van der Waals surface area contributed by atoms with Gasteiger partial charge in [0.2, 0.25) is 0 Å². The zero-order valence-electron chi connectivity index (χ0n) is 8.94. The van der Waals surface area contributed by atoms with Gasteiger partial charge in [-0.2, -0.15) is 0 Å². The Bertz CT molecular complexity index is 197. The molecular formula is C11H21N. The monoisotopic (exact) mass is 167 g/mol. The molecule has 0 saturated carbocycles. The Kier molecular flexibility index (Phi) is 4.72. The molecule has 0 saturated heterocycles. The van der Waals surface area contributed by atoms with Crippen LogP contribution in [0.15, 0.2) is 22.9 Å². The first kappa shape index (κ1) is 11.3. The van der Waals surface area contributed by atoms with Crippen molar-refractivity contribution in [1.29, 1.82) is 0 Å². The van der Waals surface area contributed by atoms with Crippen LogP contribution in [-0.2, 0) is 0 Å². The van der Waals surface area contributed by atoms with Crippen molar-refractivity contribution in [3.8, 4) is 0 Å². The van der Waals surface area contributed by atoms with Gasteiger partial charge in [-0.3, -0.25) is 0 Å².